The highest BCUT2D eigenvalue weighted by Crippen LogP contribution is 2.18. The zero-order chi connectivity index (χ0) is 12.1. The van der Waals surface area contributed by atoms with Crippen LogP contribution in [0.3, 0.4) is 0 Å². The summed E-state index contributed by atoms with van der Waals surface area (Å²) in [5.74, 6) is 5.37. The average molecular weight is 226 g/mol. The maximum atomic E-state index is 10.2. The van der Waals surface area contributed by atoms with Crippen LogP contribution >= 0.6 is 0 Å². The Balaban J connectivity index is 2.33. The van der Waals surface area contributed by atoms with E-state index in [0.717, 1.165) is 11.1 Å². The van der Waals surface area contributed by atoms with Gasteiger partial charge in [0.1, 0.15) is 11.8 Å². The molecule has 0 aromatic heterocycles. The Morgan fingerprint density at radius 2 is 1.47 bits per heavy atom. The van der Waals surface area contributed by atoms with Crippen molar-refractivity contribution in [3.05, 3.63) is 71.8 Å². The Morgan fingerprint density at radius 3 is 2.00 bits per heavy atom. The first-order valence-corrected chi connectivity index (χ1v) is 5.39. The molecule has 0 amide bonds. The molecule has 0 fully saturated rings. The van der Waals surface area contributed by atoms with E-state index in [1.807, 2.05) is 60.7 Å². The largest absolute Gasteiger partial charge is 0.382 e. The first kappa shape index (κ1) is 11.4. The molecule has 0 aliphatic carbocycles. The third-order valence-electron chi connectivity index (χ3n) is 2.58. The van der Waals surface area contributed by atoms with E-state index in [9.17, 15) is 5.11 Å². The van der Waals surface area contributed by atoms with Gasteiger partial charge in [0.2, 0.25) is 0 Å². The lowest BCUT2D eigenvalue weighted by Gasteiger charge is -2.13. The summed E-state index contributed by atoms with van der Waals surface area (Å²) in [5.41, 5.74) is 2.07. The van der Waals surface area contributed by atoms with Gasteiger partial charge in [-0.2, -0.15) is 5.10 Å². The van der Waals surface area contributed by atoms with Crippen LogP contribution in [0.4, 0.5) is 0 Å². The molecule has 0 saturated carbocycles. The van der Waals surface area contributed by atoms with E-state index in [1.165, 1.54) is 0 Å². The summed E-state index contributed by atoms with van der Waals surface area (Å²) < 4.78 is 0. The smallest absolute Gasteiger partial charge is 0.123 e. The van der Waals surface area contributed by atoms with Crippen LogP contribution in [0.25, 0.3) is 0 Å². The van der Waals surface area contributed by atoms with Gasteiger partial charge in [-0.25, -0.2) is 0 Å². The number of hydrogen-bond donors (Lipinski definition) is 2. The van der Waals surface area contributed by atoms with Crippen molar-refractivity contribution in [1.29, 1.82) is 0 Å². The van der Waals surface area contributed by atoms with E-state index in [2.05, 4.69) is 5.10 Å². The molecule has 17 heavy (non-hydrogen) atoms. The molecule has 2 aromatic carbocycles. The van der Waals surface area contributed by atoms with Gasteiger partial charge < -0.3 is 10.9 Å². The van der Waals surface area contributed by atoms with Gasteiger partial charge in [-0.3, -0.25) is 0 Å². The molecule has 0 spiro atoms. The van der Waals surface area contributed by atoms with Crippen molar-refractivity contribution in [2.75, 3.05) is 0 Å². The van der Waals surface area contributed by atoms with E-state index in [4.69, 9.17) is 5.84 Å². The molecular weight excluding hydrogens is 212 g/mol. The summed E-state index contributed by atoms with van der Waals surface area (Å²) in [7, 11) is 0. The van der Waals surface area contributed by atoms with E-state index < -0.39 is 6.10 Å². The summed E-state index contributed by atoms with van der Waals surface area (Å²) in [6.07, 6.45) is -0.802. The van der Waals surface area contributed by atoms with Crippen LogP contribution in [0.5, 0.6) is 0 Å². The van der Waals surface area contributed by atoms with E-state index in [-0.39, 0.29) is 0 Å². The minimum Gasteiger partial charge on any atom is -0.382 e. The fourth-order valence-electron chi connectivity index (χ4n) is 1.71. The third kappa shape index (κ3) is 2.52. The van der Waals surface area contributed by atoms with Crippen LogP contribution < -0.4 is 5.84 Å². The molecule has 0 heterocycles. The van der Waals surface area contributed by atoms with E-state index in [0.29, 0.717) is 5.71 Å². The molecule has 0 aliphatic rings. The Kier molecular flexibility index (Phi) is 3.52. The van der Waals surface area contributed by atoms with Crippen LogP contribution in [0.15, 0.2) is 65.8 Å². The number of rotatable bonds is 3. The summed E-state index contributed by atoms with van der Waals surface area (Å²) in [4.78, 5) is 0. The highest BCUT2D eigenvalue weighted by Gasteiger charge is 2.16. The van der Waals surface area contributed by atoms with Crippen LogP contribution in [0.2, 0.25) is 0 Å². The predicted octanol–water partition coefficient (Wildman–Crippen LogP) is 2.08. The van der Waals surface area contributed by atoms with Crippen LogP contribution in [0.1, 0.15) is 17.2 Å². The highest BCUT2D eigenvalue weighted by molar-refractivity contribution is 6.03. The Bertz CT molecular complexity index is 494. The fraction of sp³-hybridized carbons (Fsp3) is 0.0714. The van der Waals surface area contributed by atoms with Crippen molar-refractivity contribution in [3.8, 4) is 0 Å². The van der Waals surface area contributed by atoms with Crippen molar-refractivity contribution in [1.82, 2.24) is 0 Å². The number of aliphatic hydroxyl groups excluding tert-OH is 1. The van der Waals surface area contributed by atoms with E-state index >= 15 is 0 Å². The minimum atomic E-state index is -0.802. The SMILES string of the molecule is N/N=C(/c1ccccc1)[C@@H](O)c1ccccc1. The van der Waals surface area contributed by atoms with Gasteiger partial charge in [-0.1, -0.05) is 60.7 Å². The lowest BCUT2D eigenvalue weighted by atomic mass is 9.99. The monoisotopic (exact) mass is 226 g/mol. The van der Waals surface area contributed by atoms with Crippen molar-refractivity contribution in [3.63, 3.8) is 0 Å². The molecular formula is C14H14N2O. The molecule has 2 aromatic rings. The summed E-state index contributed by atoms with van der Waals surface area (Å²) in [6, 6.07) is 18.8. The zero-order valence-corrected chi connectivity index (χ0v) is 9.32. The first-order valence-electron chi connectivity index (χ1n) is 5.39. The topological polar surface area (TPSA) is 58.6 Å². The zero-order valence-electron chi connectivity index (χ0n) is 9.32. The van der Waals surface area contributed by atoms with Gasteiger partial charge in [0.15, 0.2) is 0 Å². The van der Waals surface area contributed by atoms with Crippen molar-refractivity contribution < 1.29 is 5.11 Å². The predicted molar refractivity (Wildman–Crippen MR) is 68.6 cm³/mol. The number of hydrazone groups is 1. The number of aliphatic hydroxyl groups is 1. The standard InChI is InChI=1S/C14H14N2O/c15-16-13(11-7-3-1-4-8-11)14(17)12-9-5-2-6-10-12/h1-10,14,17H,15H2/b16-13-/t14-/m0/s1. The summed E-state index contributed by atoms with van der Waals surface area (Å²) >= 11 is 0. The van der Waals surface area contributed by atoms with Gasteiger partial charge in [-0.15, -0.1) is 0 Å². The second-order valence-corrected chi connectivity index (χ2v) is 3.69. The quantitative estimate of drug-likeness (QED) is 0.478. The minimum absolute atomic E-state index is 0.469. The van der Waals surface area contributed by atoms with Gasteiger partial charge in [0.25, 0.3) is 0 Å². The molecule has 0 bridgehead atoms. The Morgan fingerprint density at radius 1 is 0.941 bits per heavy atom. The molecule has 0 unspecified atom stereocenters. The number of benzene rings is 2. The molecule has 1 atom stereocenters. The van der Waals surface area contributed by atoms with Crippen LogP contribution in [-0.4, -0.2) is 10.8 Å². The molecule has 3 heteroatoms. The molecule has 86 valence electrons. The number of hydrogen-bond acceptors (Lipinski definition) is 3. The van der Waals surface area contributed by atoms with Gasteiger partial charge >= 0.3 is 0 Å². The summed E-state index contributed by atoms with van der Waals surface area (Å²) in [5, 5.41) is 13.9. The maximum absolute atomic E-state index is 10.2. The fourth-order valence-corrected chi connectivity index (χ4v) is 1.71. The van der Waals surface area contributed by atoms with Gasteiger partial charge in [-0.05, 0) is 5.56 Å². The lowest BCUT2D eigenvalue weighted by molar-refractivity contribution is 0.247. The second-order valence-electron chi connectivity index (χ2n) is 3.69. The van der Waals surface area contributed by atoms with Crippen molar-refractivity contribution in [2.24, 2.45) is 10.9 Å². The van der Waals surface area contributed by atoms with Crippen molar-refractivity contribution >= 4 is 5.71 Å². The van der Waals surface area contributed by atoms with Gasteiger partial charge in [0, 0.05) is 5.56 Å². The molecule has 2 rings (SSSR count). The van der Waals surface area contributed by atoms with E-state index in [1.54, 1.807) is 0 Å². The number of nitrogens with zero attached hydrogens (tertiary/aromatic N) is 1. The van der Waals surface area contributed by atoms with Crippen LogP contribution in [-0.2, 0) is 0 Å². The lowest BCUT2D eigenvalue weighted by Crippen LogP contribution is -2.15. The van der Waals surface area contributed by atoms with Gasteiger partial charge in [0.05, 0.1) is 0 Å². The third-order valence-corrected chi connectivity index (χ3v) is 2.58. The number of nitrogens with two attached hydrogens (primary N) is 1. The molecule has 0 saturated heterocycles. The summed E-state index contributed by atoms with van der Waals surface area (Å²) in [6.45, 7) is 0. The Hall–Kier alpha value is -2.13. The highest BCUT2D eigenvalue weighted by atomic mass is 16.3. The first-order chi connectivity index (χ1) is 8.33. The molecule has 0 radical (unpaired) electrons. The van der Waals surface area contributed by atoms with Crippen LogP contribution in [0, 0.1) is 0 Å². The normalized spacial score (nSPS) is 13.4. The van der Waals surface area contributed by atoms with Crippen molar-refractivity contribution in [2.45, 2.75) is 6.10 Å². The Labute approximate surface area is 100 Å². The molecule has 3 nitrogen and oxygen atoms in total. The maximum Gasteiger partial charge on any atom is 0.123 e. The second kappa shape index (κ2) is 5.27. The molecule has 3 N–H and O–H groups in total. The average Bonchev–Trinajstić information content (AvgIpc) is 2.42. The molecule has 0 aliphatic heterocycles.